The van der Waals surface area contributed by atoms with Crippen LogP contribution in [-0.2, 0) is 0 Å². The van der Waals surface area contributed by atoms with Crippen LogP contribution < -0.4 is 10.5 Å². The summed E-state index contributed by atoms with van der Waals surface area (Å²) >= 11 is 0. The molecule has 0 aliphatic rings. The summed E-state index contributed by atoms with van der Waals surface area (Å²) in [5, 5.41) is 0. The summed E-state index contributed by atoms with van der Waals surface area (Å²) in [5.41, 5.74) is 6.40. The van der Waals surface area contributed by atoms with Crippen molar-refractivity contribution in [2.75, 3.05) is 0 Å². The van der Waals surface area contributed by atoms with E-state index in [0.717, 1.165) is 12.1 Å². The van der Waals surface area contributed by atoms with Gasteiger partial charge in [-0.05, 0) is 37.6 Å². The average Bonchev–Trinajstić information content (AvgIpc) is 2.44. The van der Waals surface area contributed by atoms with Gasteiger partial charge in [-0.1, -0.05) is 18.2 Å². The molecule has 1 atom stereocenters. The third-order valence-electron chi connectivity index (χ3n) is 2.99. The van der Waals surface area contributed by atoms with Gasteiger partial charge < -0.3 is 10.5 Å². The van der Waals surface area contributed by atoms with E-state index in [1.54, 1.807) is 24.3 Å². The number of hydrogen-bond donors (Lipinski definition) is 1. The maximum atomic E-state index is 13.8. The lowest BCUT2D eigenvalue weighted by Crippen LogP contribution is -2.15. The Bertz CT molecular complexity index is 643. The van der Waals surface area contributed by atoms with Crippen molar-refractivity contribution in [2.24, 2.45) is 5.73 Å². The topological polar surface area (TPSA) is 35.2 Å². The van der Waals surface area contributed by atoms with Crippen molar-refractivity contribution >= 4 is 0 Å². The lowest BCUT2D eigenvalue weighted by molar-refractivity contribution is 0.242. The molecule has 0 fully saturated rings. The van der Waals surface area contributed by atoms with Gasteiger partial charge in [-0.3, -0.25) is 0 Å². The van der Waals surface area contributed by atoms with Crippen molar-refractivity contribution < 1.29 is 17.9 Å². The smallest absolute Gasteiger partial charge is 0.194 e. The zero-order valence-corrected chi connectivity index (χ0v) is 11.7. The Morgan fingerprint density at radius 2 is 1.71 bits per heavy atom. The number of halogens is 3. The quantitative estimate of drug-likeness (QED) is 0.867. The van der Waals surface area contributed by atoms with Crippen LogP contribution in [0.5, 0.6) is 5.75 Å². The van der Waals surface area contributed by atoms with Crippen LogP contribution >= 0.6 is 0 Å². The molecule has 2 aromatic rings. The third-order valence-corrected chi connectivity index (χ3v) is 2.99. The van der Waals surface area contributed by atoms with Crippen molar-refractivity contribution in [2.45, 2.75) is 26.0 Å². The van der Waals surface area contributed by atoms with Crippen molar-refractivity contribution in [1.29, 1.82) is 0 Å². The number of ether oxygens (including phenoxy) is 1. The fraction of sp³-hybridized carbons (Fsp3) is 0.250. The first-order valence-corrected chi connectivity index (χ1v) is 6.55. The number of benzene rings is 2. The Morgan fingerprint density at radius 3 is 2.38 bits per heavy atom. The van der Waals surface area contributed by atoms with E-state index < -0.39 is 23.5 Å². The molecule has 0 aliphatic heterocycles. The van der Waals surface area contributed by atoms with Crippen molar-refractivity contribution in [3.8, 4) is 5.75 Å². The van der Waals surface area contributed by atoms with Crippen LogP contribution in [0.25, 0.3) is 0 Å². The molecule has 2 N–H and O–H groups in total. The molecule has 112 valence electrons. The van der Waals surface area contributed by atoms with Gasteiger partial charge in [0.1, 0.15) is 5.75 Å². The van der Waals surface area contributed by atoms with E-state index in [1.165, 1.54) is 0 Å². The highest BCUT2D eigenvalue weighted by molar-refractivity contribution is 5.37. The molecular weight excluding hydrogens is 279 g/mol. The van der Waals surface area contributed by atoms with Crippen LogP contribution in [0.15, 0.2) is 36.4 Å². The van der Waals surface area contributed by atoms with Gasteiger partial charge in [0.25, 0.3) is 0 Å². The Morgan fingerprint density at radius 1 is 1.00 bits per heavy atom. The lowest BCUT2D eigenvalue weighted by Gasteiger charge is -2.16. The van der Waals surface area contributed by atoms with Crippen molar-refractivity contribution in [1.82, 2.24) is 0 Å². The van der Waals surface area contributed by atoms with Crippen molar-refractivity contribution in [3.05, 3.63) is 65.0 Å². The molecule has 0 amide bonds. The number of hydrogen-bond acceptors (Lipinski definition) is 2. The molecular formula is C16H16F3NO. The first kappa shape index (κ1) is 15.4. The number of rotatable bonds is 4. The summed E-state index contributed by atoms with van der Waals surface area (Å²) < 4.78 is 45.6. The average molecular weight is 295 g/mol. The molecule has 0 aliphatic carbocycles. The maximum absolute atomic E-state index is 13.8. The van der Waals surface area contributed by atoms with Gasteiger partial charge in [-0.2, -0.15) is 0 Å². The Labute approximate surface area is 121 Å². The summed E-state index contributed by atoms with van der Waals surface area (Å²) in [6.07, 6.45) is -0.0172. The van der Waals surface area contributed by atoms with E-state index in [-0.39, 0.29) is 11.7 Å². The molecule has 2 nitrogen and oxygen atoms in total. The fourth-order valence-corrected chi connectivity index (χ4v) is 2.01. The molecule has 0 bridgehead atoms. The predicted molar refractivity (Wildman–Crippen MR) is 74.6 cm³/mol. The Hall–Kier alpha value is -2.01. The molecule has 2 rings (SSSR count). The van der Waals surface area contributed by atoms with E-state index in [1.807, 2.05) is 13.8 Å². The standard InChI is InChI=1S/C16H16F3NO/c1-9(2)21-11-5-3-4-10(8-11)16(20)12-6-7-13(17)15(19)14(12)18/h3-9,16H,20H2,1-2H3. The second-order valence-corrected chi connectivity index (χ2v) is 4.98. The molecule has 1 unspecified atom stereocenters. The Balaban J connectivity index is 2.36. The molecule has 2 aromatic carbocycles. The predicted octanol–water partition coefficient (Wildman–Crippen LogP) is 3.94. The molecule has 0 aromatic heterocycles. The van der Waals surface area contributed by atoms with E-state index in [2.05, 4.69) is 0 Å². The van der Waals surface area contributed by atoms with Crippen LogP contribution in [-0.4, -0.2) is 6.10 Å². The normalized spacial score (nSPS) is 12.5. The van der Waals surface area contributed by atoms with Gasteiger partial charge >= 0.3 is 0 Å². The monoisotopic (exact) mass is 295 g/mol. The SMILES string of the molecule is CC(C)Oc1cccc(C(N)c2ccc(F)c(F)c2F)c1. The molecule has 0 radical (unpaired) electrons. The minimum Gasteiger partial charge on any atom is -0.491 e. The zero-order chi connectivity index (χ0) is 15.6. The van der Waals surface area contributed by atoms with Gasteiger partial charge in [0.2, 0.25) is 0 Å². The van der Waals surface area contributed by atoms with E-state index in [0.29, 0.717) is 11.3 Å². The lowest BCUT2D eigenvalue weighted by atomic mass is 9.98. The highest BCUT2D eigenvalue weighted by Gasteiger charge is 2.19. The zero-order valence-electron chi connectivity index (χ0n) is 11.7. The minimum atomic E-state index is -1.52. The fourth-order valence-electron chi connectivity index (χ4n) is 2.01. The molecule has 0 heterocycles. The Kier molecular flexibility index (Phi) is 4.53. The first-order valence-electron chi connectivity index (χ1n) is 6.55. The van der Waals surface area contributed by atoms with Crippen LogP contribution in [0.1, 0.15) is 31.0 Å². The van der Waals surface area contributed by atoms with Crippen LogP contribution in [0.4, 0.5) is 13.2 Å². The summed E-state index contributed by atoms with van der Waals surface area (Å²) in [6.45, 7) is 3.75. The van der Waals surface area contributed by atoms with Gasteiger partial charge in [-0.25, -0.2) is 13.2 Å². The highest BCUT2D eigenvalue weighted by atomic mass is 19.2. The summed E-state index contributed by atoms with van der Waals surface area (Å²) in [5.74, 6) is -3.43. The second-order valence-electron chi connectivity index (χ2n) is 4.98. The van der Waals surface area contributed by atoms with Gasteiger partial charge in [0, 0.05) is 5.56 Å². The third kappa shape index (κ3) is 3.36. The molecule has 0 saturated carbocycles. The van der Waals surface area contributed by atoms with Gasteiger partial charge in [-0.15, -0.1) is 0 Å². The molecule has 5 heteroatoms. The first-order chi connectivity index (χ1) is 9.90. The largest absolute Gasteiger partial charge is 0.491 e. The summed E-state index contributed by atoms with van der Waals surface area (Å²) in [7, 11) is 0. The second kappa shape index (κ2) is 6.18. The minimum absolute atomic E-state index is 0.0172. The number of nitrogens with two attached hydrogens (primary N) is 1. The van der Waals surface area contributed by atoms with Gasteiger partial charge in [0.15, 0.2) is 17.5 Å². The van der Waals surface area contributed by atoms with E-state index in [9.17, 15) is 13.2 Å². The van der Waals surface area contributed by atoms with Crippen molar-refractivity contribution in [3.63, 3.8) is 0 Å². The van der Waals surface area contributed by atoms with Crippen LogP contribution in [0.3, 0.4) is 0 Å². The van der Waals surface area contributed by atoms with E-state index >= 15 is 0 Å². The van der Waals surface area contributed by atoms with E-state index in [4.69, 9.17) is 10.5 Å². The highest BCUT2D eigenvalue weighted by Crippen LogP contribution is 2.27. The molecule has 21 heavy (non-hydrogen) atoms. The van der Waals surface area contributed by atoms with Gasteiger partial charge in [0.05, 0.1) is 12.1 Å². The molecule has 0 saturated heterocycles. The maximum Gasteiger partial charge on any atom is 0.194 e. The van der Waals surface area contributed by atoms with Crippen LogP contribution in [0, 0.1) is 17.5 Å². The molecule has 0 spiro atoms. The van der Waals surface area contributed by atoms with Crippen LogP contribution in [0.2, 0.25) is 0 Å². The summed E-state index contributed by atoms with van der Waals surface area (Å²) in [6, 6.07) is 7.90. The summed E-state index contributed by atoms with van der Waals surface area (Å²) in [4.78, 5) is 0.